The second-order valence-electron chi connectivity index (χ2n) is 1.73. The standard InChI is InChI=1S/C5H9NO3/c1-4(2)9-5(7)3-6-8/h3-4,8H,1-2H3/b6-3+. The number of hydrogen-bond acceptors (Lipinski definition) is 4. The molecule has 52 valence electrons. The zero-order valence-corrected chi connectivity index (χ0v) is 5.37. The van der Waals surface area contributed by atoms with E-state index in [1.54, 1.807) is 13.8 Å². The van der Waals surface area contributed by atoms with Crippen LogP contribution in [0.3, 0.4) is 0 Å². The summed E-state index contributed by atoms with van der Waals surface area (Å²) in [5.41, 5.74) is 0. The van der Waals surface area contributed by atoms with E-state index in [1.807, 2.05) is 0 Å². The summed E-state index contributed by atoms with van der Waals surface area (Å²) in [4.78, 5) is 10.3. The van der Waals surface area contributed by atoms with Gasteiger partial charge < -0.3 is 9.94 Å². The van der Waals surface area contributed by atoms with Crippen LogP contribution in [-0.2, 0) is 9.53 Å². The van der Waals surface area contributed by atoms with E-state index >= 15 is 0 Å². The predicted octanol–water partition coefficient (Wildman–Crippen LogP) is 0.398. The van der Waals surface area contributed by atoms with Crippen LogP contribution in [0.15, 0.2) is 5.16 Å². The van der Waals surface area contributed by atoms with E-state index in [9.17, 15) is 4.79 Å². The number of oxime groups is 1. The molecule has 1 N–H and O–H groups in total. The normalized spacial score (nSPS) is 10.6. The van der Waals surface area contributed by atoms with Gasteiger partial charge in [-0.15, -0.1) is 0 Å². The lowest BCUT2D eigenvalue weighted by Crippen LogP contribution is -2.11. The zero-order chi connectivity index (χ0) is 7.28. The lowest BCUT2D eigenvalue weighted by atomic mass is 10.5. The maximum atomic E-state index is 10.3. The van der Waals surface area contributed by atoms with Gasteiger partial charge in [-0.2, -0.15) is 0 Å². The second kappa shape index (κ2) is 3.88. The Hall–Kier alpha value is -1.06. The fourth-order valence-electron chi connectivity index (χ4n) is 0.310. The molecule has 0 saturated heterocycles. The van der Waals surface area contributed by atoms with Crippen LogP contribution < -0.4 is 0 Å². The number of esters is 1. The van der Waals surface area contributed by atoms with Crippen LogP contribution in [0, 0.1) is 0 Å². The summed E-state index contributed by atoms with van der Waals surface area (Å²) in [6, 6.07) is 0. The van der Waals surface area contributed by atoms with E-state index in [-0.39, 0.29) is 6.10 Å². The number of carbonyl (C=O) groups is 1. The Bertz CT molecular complexity index is 119. The Balaban J connectivity index is 3.51. The van der Waals surface area contributed by atoms with Crippen molar-refractivity contribution in [2.75, 3.05) is 0 Å². The van der Waals surface area contributed by atoms with Gasteiger partial charge in [0, 0.05) is 0 Å². The minimum atomic E-state index is -0.632. The summed E-state index contributed by atoms with van der Waals surface area (Å²) in [7, 11) is 0. The predicted molar refractivity (Wildman–Crippen MR) is 31.5 cm³/mol. The van der Waals surface area contributed by atoms with E-state index in [1.165, 1.54) is 0 Å². The van der Waals surface area contributed by atoms with Crippen LogP contribution in [0.1, 0.15) is 13.8 Å². The molecule has 9 heavy (non-hydrogen) atoms. The lowest BCUT2D eigenvalue weighted by molar-refractivity contribution is -0.138. The Morgan fingerprint density at radius 1 is 1.78 bits per heavy atom. The van der Waals surface area contributed by atoms with Gasteiger partial charge in [0.15, 0.2) is 6.21 Å². The SMILES string of the molecule is CC(C)OC(=O)/C=N/O. The Kier molecular flexibility index (Phi) is 3.43. The van der Waals surface area contributed by atoms with Crippen LogP contribution in [0.4, 0.5) is 0 Å². The molecule has 4 heteroatoms. The summed E-state index contributed by atoms with van der Waals surface area (Å²) in [5, 5.41) is 10.3. The highest BCUT2D eigenvalue weighted by Crippen LogP contribution is 1.85. The van der Waals surface area contributed by atoms with Crippen LogP contribution in [-0.4, -0.2) is 23.5 Å². The van der Waals surface area contributed by atoms with Gasteiger partial charge in [0.1, 0.15) is 0 Å². The molecular formula is C5H9NO3. The first-order chi connectivity index (χ1) is 4.16. The van der Waals surface area contributed by atoms with Crippen LogP contribution >= 0.6 is 0 Å². The van der Waals surface area contributed by atoms with Crippen molar-refractivity contribution in [3.63, 3.8) is 0 Å². The van der Waals surface area contributed by atoms with Gasteiger partial charge in [-0.25, -0.2) is 4.79 Å². The van der Waals surface area contributed by atoms with Gasteiger partial charge in [0.05, 0.1) is 6.10 Å². The van der Waals surface area contributed by atoms with Crippen molar-refractivity contribution < 1.29 is 14.7 Å². The molecule has 0 aliphatic rings. The maximum absolute atomic E-state index is 10.3. The van der Waals surface area contributed by atoms with Crippen LogP contribution in [0.5, 0.6) is 0 Å². The summed E-state index contributed by atoms with van der Waals surface area (Å²) in [5.74, 6) is -0.632. The summed E-state index contributed by atoms with van der Waals surface area (Å²) in [6.07, 6.45) is 0.537. The number of ether oxygens (including phenoxy) is 1. The molecule has 0 radical (unpaired) electrons. The number of rotatable bonds is 2. The third kappa shape index (κ3) is 4.80. The molecule has 0 aliphatic carbocycles. The largest absolute Gasteiger partial charge is 0.459 e. The number of nitrogens with zero attached hydrogens (tertiary/aromatic N) is 1. The van der Waals surface area contributed by atoms with Crippen LogP contribution in [0.25, 0.3) is 0 Å². The van der Waals surface area contributed by atoms with Crippen molar-refractivity contribution >= 4 is 12.2 Å². The van der Waals surface area contributed by atoms with E-state index in [2.05, 4.69) is 9.89 Å². The third-order valence-corrected chi connectivity index (χ3v) is 0.515. The molecule has 4 nitrogen and oxygen atoms in total. The van der Waals surface area contributed by atoms with E-state index < -0.39 is 5.97 Å². The quantitative estimate of drug-likeness (QED) is 0.255. The van der Waals surface area contributed by atoms with Crippen molar-refractivity contribution in [3.05, 3.63) is 0 Å². The molecule has 0 unspecified atom stereocenters. The van der Waals surface area contributed by atoms with Crippen molar-refractivity contribution in [3.8, 4) is 0 Å². The molecule has 0 atom stereocenters. The van der Waals surface area contributed by atoms with E-state index in [0.717, 1.165) is 0 Å². The highest BCUT2D eigenvalue weighted by molar-refractivity contribution is 6.22. The molecule has 0 fully saturated rings. The Labute approximate surface area is 53.1 Å². The summed E-state index contributed by atoms with van der Waals surface area (Å²) >= 11 is 0. The van der Waals surface area contributed by atoms with Crippen LogP contribution in [0.2, 0.25) is 0 Å². The van der Waals surface area contributed by atoms with Gasteiger partial charge in [-0.1, -0.05) is 5.16 Å². The van der Waals surface area contributed by atoms with E-state index in [0.29, 0.717) is 6.21 Å². The molecular weight excluding hydrogens is 122 g/mol. The van der Waals surface area contributed by atoms with E-state index in [4.69, 9.17) is 5.21 Å². The molecule has 0 spiro atoms. The van der Waals surface area contributed by atoms with Gasteiger partial charge in [-0.05, 0) is 13.8 Å². The molecule has 0 aromatic rings. The fraction of sp³-hybridized carbons (Fsp3) is 0.600. The van der Waals surface area contributed by atoms with Crippen molar-refractivity contribution in [1.29, 1.82) is 0 Å². The minimum absolute atomic E-state index is 0.171. The Morgan fingerprint density at radius 2 is 2.33 bits per heavy atom. The smallest absolute Gasteiger partial charge is 0.353 e. The molecule has 0 bridgehead atoms. The van der Waals surface area contributed by atoms with Crippen molar-refractivity contribution in [2.45, 2.75) is 20.0 Å². The molecule has 0 amide bonds. The lowest BCUT2D eigenvalue weighted by Gasteiger charge is -2.02. The summed E-state index contributed by atoms with van der Waals surface area (Å²) < 4.78 is 4.54. The topological polar surface area (TPSA) is 58.9 Å². The number of hydrogen-bond donors (Lipinski definition) is 1. The van der Waals surface area contributed by atoms with Crippen molar-refractivity contribution in [1.82, 2.24) is 0 Å². The van der Waals surface area contributed by atoms with Crippen molar-refractivity contribution in [2.24, 2.45) is 5.16 Å². The number of carbonyl (C=O) groups excluding carboxylic acids is 1. The molecule has 0 heterocycles. The average Bonchev–Trinajstić information content (AvgIpc) is 1.63. The van der Waals surface area contributed by atoms with Gasteiger partial charge in [0.25, 0.3) is 0 Å². The second-order valence-corrected chi connectivity index (χ2v) is 1.73. The molecule has 0 rings (SSSR count). The molecule has 0 aromatic heterocycles. The Morgan fingerprint density at radius 3 is 2.67 bits per heavy atom. The molecule has 0 aromatic carbocycles. The maximum Gasteiger partial charge on any atom is 0.353 e. The average molecular weight is 131 g/mol. The zero-order valence-electron chi connectivity index (χ0n) is 5.37. The summed E-state index contributed by atoms with van der Waals surface area (Å²) in [6.45, 7) is 3.42. The fourth-order valence-corrected chi connectivity index (χ4v) is 0.310. The minimum Gasteiger partial charge on any atom is -0.459 e. The first kappa shape index (κ1) is 7.94. The third-order valence-electron chi connectivity index (χ3n) is 0.515. The van der Waals surface area contributed by atoms with Gasteiger partial charge in [-0.3, -0.25) is 0 Å². The first-order valence-corrected chi connectivity index (χ1v) is 2.55. The highest BCUT2D eigenvalue weighted by atomic mass is 16.5. The highest BCUT2D eigenvalue weighted by Gasteiger charge is 1.99. The van der Waals surface area contributed by atoms with Gasteiger partial charge in [0.2, 0.25) is 0 Å². The van der Waals surface area contributed by atoms with Gasteiger partial charge >= 0.3 is 5.97 Å². The molecule has 0 saturated carbocycles. The first-order valence-electron chi connectivity index (χ1n) is 2.55. The molecule has 0 aliphatic heterocycles. The monoisotopic (exact) mass is 131 g/mol.